The lowest BCUT2D eigenvalue weighted by atomic mass is 9.92. The van der Waals surface area contributed by atoms with E-state index in [1.807, 2.05) is 6.92 Å². The van der Waals surface area contributed by atoms with Crippen LogP contribution in [0.25, 0.3) is 32.5 Å². The Morgan fingerprint density at radius 1 is 0.943 bits per heavy atom. The first-order valence-corrected chi connectivity index (χ1v) is 11.1. The smallest absolute Gasteiger partial charge is 0.344 e. The summed E-state index contributed by atoms with van der Waals surface area (Å²) in [6.45, 7) is 3.29. The van der Waals surface area contributed by atoms with Crippen molar-refractivity contribution in [3.63, 3.8) is 0 Å². The summed E-state index contributed by atoms with van der Waals surface area (Å²) in [5.74, 6) is 0.619. The number of aromatic hydroxyl groups is 1. The van der Waals surface area contributed by atoms with Gasteiger partial charge in [-0.1, -0.05) is 6.07 Å². The van der Waals surface area contributed by atoms with Gasteiger partial charge in [0.05, 0.1) is 31.1 Å². The van der Waals surface area contributed by atoms with Crippen LogP contribution < -0.4 is 15.1 Å². The molecule has 0 saturated carbocycles. The molecular weight excluding hydrogens is 456 g/mol. The quantitative estimate of drug-likeness (QED) is 0.255. The molecule has 4 N–H and O–H groups in total. The van der Waals surface area contributed by atoms with Crippen LogP contribution in [0.4, 0.5) is 0 Å². The van der Waals surface area contributed by atoms with Crippen molar-refractivity contribution in [2.75, 3.05) is 14.2 Å². The number of benzene rings is 3. The first-order chi connectivity index (χ1) is 16.7. The van der Waals surface area contributed by atoms with E-state index in [0.29, 0.717) is 33.2 Å². The number of rotatable bonds is 4. The Balaban J connectivity index is 1.95. The van der Waals surface area contributed by atoms with E-state index in [4.69, 9.17) is 18.6 Å². The Bertz CT molecular complexity index is 1520. The van der Waals surface area contributed by atoms with Crippen LogP contribution >= 0.6 is 0 Å². The minimum absolute atomic E-state index is 0.136. The number of methoxy groups -OCH3 is 2. The van der Waals surface area contributed by atoms with Gasteiger partial charge < -0.3 is 39.1 Å². The van der Waals surface area contributed by atoms with Gasteiger partial charge in [-0.05, 0) is 49.2 Å². The molecule has 9 nitrogen and oxygen atoms in total. The van der Waals surface area contributed by atoms with E-state index < -0.39 is 36.1 Å². The Hall–Kier alpha value is -3.37. The highest BCUT2D eigenvalue weighted by Crippen LogP contribution is 2.47. The van der Waals surface area contributed by atoms with Crippen LogP contribution in [0.2, 0.25) is 0 Å². The Morgan fingerprint density at radius 3 is 2.26 bits per heavy atom. The fraction of sp³-hybridized carbons (Fsp3) is 0.346. The molecule has 5 rings (SSSR count). The zero-order chi connectivity index (χ0) is 25.2. The number of phenolic OH excluding ortho intramolecular Hbond substituents is 1. The monoisotopic (exact) mass is 482 g/mol. The summed E-state index contributed by atoms with van der Waals surface area (Å²) in [6, 6.07) is 8.10. The van der Waals surface area contributed by atoms with Crippen molar-refractivity contribution in [3.05, 3.63) is 51.9 Å². The van der Waals surface area contributed by atoms with Crippen molar-refractivity contribution >= 4 is 32.5 Å². The largest absolute Gasteiger partial charge is 0.507 e. The number of ether oxygens (including phenoxy) is 3. The summed E-state index contributed by atoms with van der Waals surface area (Å²) in [5, 5.41) is 43.9. The molecule has 0 unspecified atom stereocenters. The van der Waals surface area contributed by atoms with Crippen LogP contribution in [0.3, 0.4) is 0 Å². The van der Waals surface area contributed by atoms with Crippen molar-refractivity contribution in [1.29, 1.82) is 0 Å². The normalized spacial score (nSPS) is 23.3. The van der Waals surface area contributed by atoms with Gasteiger partial charge in [0.1, 0.15) is 47.2 Å². The Morgan fingerprint density at radius 2 is 1.63 bits per heavy atom. The standard InChI is InChI=1S/C26H26O9/c1-10-7-14-18(16(8-10)32-3)13-9-17(33-4)20-15(28)6-5-12(19(20)24(13)35-26(14)31)25-22(30)21(29)23(34-25)11(2)27/h5-9,11,21-23,25,27-30H,1-4H3/t11-,21-,22-,23+,25-/m1/s1. The van der Waals surface area contributed by atoms with E-state index >= 15 is 0 Å². The molecule has 184 valence electrons. The van der Waals surface area contributed by atoms with Gasteiger partial charge in [-0.3, -0.25) is 0 Å². The van der Waals surface area contributed by atoms with Gasteiger partial charge in [0.25, 0.3) is 0 Å². The molecule has 0 radical (unpaired) electrons. The first kappa shape index (κ1) is 23.4. The lowest BCUT2D eigenvalue weighted by Gasteiger charge is -2.20. The molecule has 0 bridgehead atoms. The summed E-state index contributed by atoms with van der Waals surface area (Å²) in [5.41, 5.74) is 0.694. The highest BCUT2D eigenvalue weighted by atomic mass is 16.6. The molecule has 5 atom stereocenters. The molecule has 1 fully saturated rings. The van der Waals surface area contributed by atoms with Crippen LogP contribution in [-0.4, -0.2) is 59.1 Å². The van der Waals surface area contributed by atoms with Crippen molar-refractivity contribution in [2.45, 2.75) is 44.4 Å². The van der Waals surface area contributed by atoms with E-state index in [2.05, 4.69) is 0 Å². The van der Waals surface area contributed by atoms with Crippen molar-refractivity contribution < 1.29 is 39.1 Å². The number of hydrogen-bond donors (Lipinski definition) is 4. The maximum atomic E-state index is 13.1. The van der Waals surface area contributed by atoms with E-state index in [1.54, 1.807) is 18.2 Å². The molecule has 1 aliphatic rings. The minimum atomic E-state index is -1.38. The second kappa shape index (κ2) is 8.39. The van der Waals surface area contributed by atoms with Gasteiger partial charge in [-0.25, -0.2) is 4.79 Å². The Labute approximate surface area is 199 Å². The second-order valence-electron chi connectivity index (χ2n) is 8.90. The summed E-state index contributed by atoms with van der Waals surface area (Å²) in [4.78, 5) is 13.1. The van der Waals surface area contributed by atoms with Crippen molar-refractivity contribution in [3.8, 4) is 17.2 Å². The molecule has 4 aromatic rings. The average Bonchev–Trinajstić information content (AvgIpc) is 3.13. The number of phenols is 1. The highest BCUT2D eigenvalue weighted by Gasteiger charge is 2.46. The van der Waals surface area contributed by atoms with Gasteiger partial charge in [0.2, 0.25) is 0 Å². The number of aryl methyl sites for hydroxylation is 1. The predicted octanol–water partition coefficient (Wildman–Crippen LogP) is 2.67. The number of aliphatic hydroxyl groups excluding tert-OH is 3. The molecule has 9 heteroatoms. The molecule has 0 aliphatic carbocycles. The fourth-order valence-corrected chi connectivity index (χ4v) is 5.06. The van der Waals surface area contributed by atoms with Crippen molar-refractivity contribution in [2.24, 2.45) is 0 Å². The van der Waals surface area contributed by atoms with Gasteiger partial charge >= 0.3 is 5.63 Å². The first-order valence-electron chi connectivity index (χ1n) is 11.1. The third-order valence-corrected chi connectivity index (χ3v) is 6.66. The minimum Gasteiger partial charge on any atom is -0.507 e. The van der Waals surface area contributed by atoms with Crippen LogP contribution in [0, 0.1) is 6.92 Å². The highest BCUT2D eigenvalue weighted by molar-refractivity contribution is 6.19. The predicted molar refractivity (Wildman–Crippen MR) is 128 cm³/mol. The third-order valence-electron chi connectivity index (χ3n) is 6.66. The van der Waals surface area contributed by atoms with Crippen LogP contribution in [0.1, 0.15) is 24.2 Å². The molecule has 0 amide bonds. The molecule has 3 aromatic carbocycles. The number of aliphatic hydroxyl groups is 3. The molecule has 1 aliphatic heterocycles. The van der Waals surface area contributed by atoms with Crippen molar-refractivity contribution in [1.82, 2.24) is 0 Å². The van der Waals surface area contributed by atoms with Gasteiger partial charge in [0.15, 0.2) is 0 Å². The van der Waals surface area contributed by atoms with Crippen LogP contribution in [0.15, 0.2) is 39.5 Å². The number of fused-ring (bicyclic) bond motifs is 5. The molecule has 35 heavy (non-hydrogen) atoms. The maximum Gasteiger partial charge on any atom is 0.344 e. The lowest BCUT2D eigenvalue weighted by molar-refractivity contribution is -0.0586. The summed E-state index contributed by atoms with van der Waals surface area (Å²) >= 11 is 0. The summed E-state index contributed by atoms with van der Waals surface area (Å²) in [7, 11) is 2.95. The summed E-state index contributed by atoms with van der Waals surface area (Å²) in [6.07, 6.45) is -5.89. The average molecular weight is 482 g/mol. The van der Waals surface area contributed by atoms with E-state index in [9.17, 15) is 25.2 Å². The topological polar surface area (TPSA) is 139 Å². The van der Waals surface area contributed by atoms with Crippen LogP contribution in [0.5, 0.6) is 17.2 Å². The molecule has 0 spiro atoms. The number of hydrogen-bond acceptors (Lipinski definition) is 9. The molecular formula is C26H26O9. The fourth-order valence-electron chi connectivity index (χ4n) is 5.06. The zero-order valence-corrected chi connectivity index (χ0v) is 19.6. The molecule has 1 saturated heterocycles. The summed E-state index contributed by atoms with van der Waals surface area (Å²) < 4.78 is 22.9. The van der Waals surface area contributed by atoms with Gasteiger partial charge in [0, 0.05) is 16.2 Å². The zero-order valence-electron chi connectivity index (χ0n) is 19.6. The van der Waals surface area contributed by atoms with Crippen LogP contribution in [-0.2, 0) is 4.74 Å². The van der Waals surface area contributed by atoms with Gasteiger partial charge in [-0.2, -0.15) is 0 Å². The third kappa shape index (κ3) is 3.42. The molecule has 2 heterocycles. The lowest BCUT2D eigenvalue weighted by Crippen LogP contribution is -2.36. The van der Waals surface area contributed by atoms with Gasteiger partial charge in [-0.15, -0.1) is 0 Å². The van der Waals surface area contributed by atoms with E-state index in [0.717, 1.165) is 5.56 Å². The Kier molecular flexibility index (Phi) is 5.60. The van der Waals surface area contributed by atoms with E-state index in [1.165, 1.54) is 33.3 Å². The van der Waals surface area contributed by atoms with E-state index in [-0.39, 0.29) is 22.1 Å². The molecule has 1 aromatic heterocycles. The second-order valence-corrected chi connectivity index (χ2v) is 8.90. The SMILES string of the molecule is COc1cc2c(oc(=O)c3cc(C)cc(OC)c32)c2c([C@H]3O[C@@H]([C@@H](C)O)[C@H](O)[C@H]3O)ccc(O)c12. The maximum absolute atomic E-state index is 13.1.